The molecular formula is C27H30F2N6O2. The number of aromatic nitrogens is 3. The summed E-state index contributed by atoms with van der Waals surface area (Å²) in [5.41, 5.74) is 10.4. The summed E-state index contributed by atoms with van der Waals surface area (Å²) < 4.78 is 33.9. The third-order valence-corrected chi connectivity index (χ3v) is 7.14. The number of amides is 1. The topological polar surface area (TPSA) is 98.6 Å². The SMILES string of the molecule is CC(=O)N1CCC(=NC2CCOCC2)C(=C(N)c2cccc3cc(-c4cnn(C)c4C(F)F)ncc23)C1. The summed E-state index contributed by atoms with van der Waals surface area (Å²) in [6, 6.07) is 7.65. The number of aryl methyl sites for hydroxylation is 1. The number of benzene rings is 1. The van der Waals surface area contributed by atoms with Crippen molar-refractivity contribution in [1.29, 1.82) is 0 Å². The first kappa shape index (κ1) is 25.0. The van der Waals surface area contributed by atoms with Crippen LogP contribution in [0.25, 0.3) is 27.7 Å². The number of rotatable bonds is 4. The summed E-state index contributed by atoms with van der Waals surface area (Å²) in [6.45, 7) is 3.93. The molecule has 2 aromatic heterocycles. The molecule has 0 bridgehead atoms. The van der Waals surface area contributed by atoms with Crippen LogP contribution in [0.1, 0.15) is 43.9 Å². The zero-order valence-corrected chi connectivity index (χ0v) is 21.0. The lowest BCUT2D eigenvalue weighted by molar-refractivity contribution is -0.128. The van der Waals surface area contributed by atoms with Crippen molar-refractivity contribution in [3.05, 3.63) is 53.5 Å². The summed E-state index contributed by atoms with van der Waals surface area (Å²) in [5.74, 6) is -0.00838. The predicted octanol–water partition coefficient (Wildman–Crippen LogP) is 4.11. The number of hydrogen-bond acceptors (Lipinski definition) is 6. The van der Waals surface area contributed by atoms with Gasteiger partial charge in [0.1, 0.15) is 5.69 Å². The molecule has 1 amide bonds. The first-order valence-corrected chi connectivity index (χ1v) is 12.4. The normalized spacial score (nSPS) is 19.7. The standard InChI is InChI=1S/C27H30F2N6O2/c1-16(36)35-9-6-23(33-18-7-10-37-11-8-18)22(15-35)25(30)19-5-3-4-17-12-24(31-13-20(17)19)21-14-32-34(2)26(21)27(28)29/h3-5,12-14,18,27H,6-11,15,30H2,1-2H3. The van der Waals surface area contributed by atoms with Crippen molar-refractivity contribution in [2.24, 2.45) is 17.8 Å². The number of nitrogens with two attached hydrogens (primary N) is 1. The van der Waals surface area contributed by atoms with E-state index in [1.807, 2.05) is 18.2 Å². The first-order valence-electron chi connectivity index (χ1n) is 12.4. The van der Waals surface area contributed by atoms with Crippen molar-refractivity contribution in [2.45, 2.75) is 38.7 Å². The Morgan fingerprint density at radius 1 is 1.24 bits per heavy atom. The number of pyridine rings is 1. The summed E-state index contributed by atoms with van der Waals surface area (Å²) >= 11 is 0. The van der Waals surface area contributed by atoms with Crippen molar-refractivity contribution in [2.75, 3.05) is 26.3 Å². The largest absolute Gasteiger partial charge is 0.398 e. The molecule has 2 saturated heterocycles. The number of halogens is 2. The van der Waals surface area contributed by atoms with Crippen LogP contribution < -0.4 is 5.73 Å². The highest BCUT2D eigenvalue weighted by atomic mass is 19.3. The predicted molar refractivity (Wildman–Crippen MR) is 138 cm³/mol. The molecular weight excluding hydrogens is 478 g/mol. The molecule has 5 rings (SSSR count). The maximum atomic E-state index is 13.6. The molecule has 2 aliphatic heterocycles. The number of likely N-dealkylation sites (tertiary alicyclic amines) is 1. The minimum Gasteiger partial charge on any atom is -0.398 e. The molecule has 0 saturated carbocycles. The van der Waals surface area contributed by atoms with Crippen LogP contribution >= 0.6 is 0 Å². The van der Waals surface area contributed by atoms with E-state index in [9.17, 15) is 13.6 Å². The highest BCUT2D eigenvalue weighted by molar-refractivity contribution is 6.10. The van der Waals surface area contributed by atoms with Crippen LogP contribution in [0, 0.1) is 0 Å². The summed E-state index contributed by atoms with van der Waals surface area (Å²) in [4.78, 5) is 23.5. The van der Waals surface area contributed by atoms with Gasteiger partial charge in [0, 0.05) is 86.4 Å². The second kappa shape index (κ2) is 10.4. The van der Waals surface area contributed by atoms with Gasteiger partial charge in [-0.1, -0.05) is 18.2 Å². The highest BCUT2D eigenvalue weighted by Crippen LogP contribution is 2.33. The van der Waals surface area contributed by atoms with E-state index in [4.69, 9.17) is 15.5 Å². The van der Waals surface area contributed by atoms with E-state index in [1.54, 1.807) is 24.1 Å². The van der Waals surface area contributed by atoms with Gasteiger partial charge >= 0.3 is 0 Å². The zero-order valence-electron chi connectivity index (χ0n) is 21.0. The van der Waals surface area contributed by atoms with Gasteiger partial charge in [0.05, 0.1) is 17.9 Å². The van der Waals surface area contributed by atoms with Gasteiger partial charge in [-0.2, -0.15) is 5.10 Å². The van der Waals surface area contributed by atoms with Crippen molar-refractivity contribution >= 4 is 28.1 Å². The van der Waals surface area contributed by atoms with E-state index >= 15 is 0 Å². The van der Waals surface area contributed by atoms with E-state index in [1.165, 1.54) is 17.9 Å². The Kier molecular flexibility index (Phi) is 7.01. The van der Waals surface area contributed by atoms with Gasteiger partial charge in [-0.3, -0.25) is 19.5 Å². The number of piperidine rings is 1. The van der Waals surface area contributed by atoms with Gasteiger partial charge in [0.25, 0.3) is 6.43 Å². The number of aliphatic imine (C=N–C) groups is 1. The van der Waals surface area contributed by atoms with E-state index in [0.717, 1.165) is 40.5 Å². The average Bonchev–Trinajstić information content (AvgIpc) is 3.30. The van der Waals surface area contributed by atoms with Crippen LogP contribution in [0.4, 0.5) is 8.78 Å². The minimum absolute atomic E-state index is 0.00838. The Balaban J connectivity index is 1.59. The van der Waals surface area contributed by atoms with E-state index in [2.05, 4.69) is 10.1 Å². The van der Waals surface area contributed by atoms with Gasteiger partial charge in [-0.25, -0.2) is 8.78 Å². The monoisotopic (exact) mass is 508 g/mol. The average molecular weight is 509 g/mol. The fourth-order valence-corrected chi connectivity index (χ4v) is 5.06. The number of carbonyl (C=O) groups excluding carboxylic acids is 1. The third-order valence-electron chi connectivity index (χ3n) is 7.14. The summed E-state index contributed by atoms with van der Waals surface area (Å²) in [7, 11) is 1.49. The van der Waals surface area contributed by atoms with Gasteiger partial charge in [0.2, 0.25) is 5.91 Å². The van der Waals surface area contributed by atoms with Crippen molar-refractivity contribution in [1.82, 2.24) is 19.7 Å². The molecule has 0 radical (unpaired) electrons. The lowest BCUT2D eigenvalue weighted by Crippen LogP contribution is -2.40. The lowest BCUT2D eigenvalue weighted by atomic mass is 9.93. The van der Waals surface area contributed by atoms with Crippen LogP contribution in [-0.4, -0.2) is 63.6 Å². The van der Waals surface area contributed by atoms with Crippen LogP contribution in [0.5, 0.6) is 0 Å². The number of ether oxygens (including phenoxy) is 1. The second-order valence-corrected chi connectivity index (χ2v) is 9.47. The Morgan fingerprint density at radius 2 is 2.03 bits per heavy atom. The fraction of sp³-hybridized carbons (Fsp3) is 0.407. The molecule has 2 fully saturated rings. The van der Waals surface area contributed by atoms with E-state index in [0.29, 0.717) is 49.7 Å². The molecule has 194 valence electrons. The second-order valence-electron chi connectivity index (χ2n) is 9.47. The minimum atomic E-state index is -2.67. The Labute approximate surface area is 213 Å². The van der Waals surface area contributed by atoms with Gasteiger partial charge < -0.3 is 15.4 Å². The van der Waals surface area contributed by atoms with Crippen molar-refractivity contribution in [3.8, 4) is 11.3 Å². The Morgan fingerprint density at radius 3 is 2.76 bits per heavy atom. The molecule has 4 heterocycles. The molecule has 2 N–H and O–H groups in total. The molecule has 3 aromatic rings. The van der Waals surface area contributed by atoms with Crippen LogP contribution in [0.3, 0.4) is 0 Å². The van der Waals surface area contributed by atoms with Gasteiger partial charge in [-0.15, -0.1) is 0 Å². The fourth-order valence-electron chi connectivity index (χ4n) is 5.06. The Hall–Kier alpha value is -3.66. The summed E-state index contributed by atoms with van der Waals surface area (Å²) in [5, 5.41) is 5.61. The van der Waals surface area contributed by atoms with Crippen molar-refractivity contribution < 1.29 is 18.3 Å². The number of carbonyl (C=O) groups is 1. The molecule has 8 nitrogen and oxygen atoms in total. The molecule has 0 aliphatic carbocycles. The smallest absolute Gasteiger partial charge is 0.280 e. The maximum absolute atomic E-state index is 13.6. The summed E-state index contributed by atoms with van der Waals surface area (Å²) in [6.07, 6.45) is 2.77. The number of nitrogens with zero attached hydrogens (tertiary/aromatic N) is 5. The lowest BCUT2D eigenvalue weighted by Gasteiger charge is -2.31. The molecule has 10 heteroatoms. The zero-order chi connectivity index (χ0) is 26.1. The van der Waals surface area contributed by atoms with Crippen LogP contribution in [0.15, 0.2) is 47.2 Å². The number of hydrogen-bond donors (Lipinski definition) is 1. The van der Waals surface area contributed by atoms with Crippen LogP contribution in [-0.2, 0) is 16.6 Å². The molecule has 1 aromatic carbocycles. The highest BCUT2D eigenvalue weighted by Gasteiger charge is 2.27. The van der Waals surface area contributed by atoms with Gasteiger partial charge in [-0.05, 0) is 24.3 Å². The third kappa shape index (κ3) is 4.98. The molecule has 2 aliphatic rings. The van der Waals surface area contributed by atoms with Crippen molar-refractivity contribution in [3.63, 3.8) is 0 Å². The Bertz CT molecular complexity index is 1390. The quantitative estimate of drug-likeness (QED) is 0.572. The molecule has 0 unspecified atom stereocenters. The van der Waals surface area contributed by atoms with Gasteiger partial charge in [0.15, 0.2) is 0 Å². The van der Waals surface area contributed by atoms with E-state index < -0.39 is 6.43 Å². The maximum Gasteiger partial charge on any atom is 0.280 e. The molecule has 37 heavy (non-hydrogen) atoms. The number of alkyl halides is 2. The molecule has 0 atom stereocenters. The number of fused-ring (bicyclic) bond motifs is 1. The molecule has 0 spiro atoms. The van der Waals surface area contributed by atoms with Crippen LogP contribution in [0.2, 0.25) is 0 Å². The van der Waals surface area contributed by atoms with E-state index in [-0.39, 0.29) is 17.6 Å². The first-order chi connectivity index (χ1) is 17.8.